The number of non-ortho nitro benzene ring substituents is 1. The molecule has 0 bridgehead atoms. The third-order valence-electron chi connectivity index (χ3n) is 3.27. The zero-order chi connectivity index (χ0) is 18.2. The summed E-state index contributed by atoms with van der Waals surface area (Å²) in [5, 5.41) is 16.9. The molecule has 0 saturated heterocycles. The van der Waals surface area contributed by atoms with Gasteiger partial charge in [0.15, 0.2) is 0 Å². The van der Waals surface area contributed by atoms with Crippen molar-refractivity contribution in [1.82, 2.24) is 10.7 Å². The summed E-state index contributed by atoms with van der Waals surface area (Å²) < 4.78 is 0. The fourth-order valence-electron chi connectivity index (χ4n) is 1.88. The standard InChI is InChI=1S/C17H16N4O4/c1-12(19-17(23)14-5-3-2-4-6-14)16(22)20-18-11-13-7-9-15(10-8-13)21(24)25/h2-12H,1H3,(H,19,23)(H,20,22)/b18-11-/t12-/m0/s1. The van der Waals surface area contributed by atoms with Crippen molar-refractivity contribution in [2.24, 2.45) is 5.10 Å². The monoisotopic (exact) mass is 340 g/mol. The van der Waals surface area contributed by atoms with E-state index < -0.39 is 16.9 Å². The molecule has 8 heteroatoms. The molecule has 0 radical (unpaired) electrons. The van der Waals surface area contributed by atoms with E-state index >= 15 is 0 Å². The fraction of sp³-hybridized carbons (Fsp3) is 0.118. The number of nitro benzene ring substituents is 1. The molecule has 0 unspecified atom stereocenters. The van der Waals surface area contributed by atoms with Gasteiger partial charge in [-0.2, -0.15) is 5.10 Å². The van der Waals surface area contributed by atoms with Crippen LogP contribution in [0.3, 0.4) is 0 Å². The van der Waals surface area contributed by atoms with Crippen LogP contribution in [0, 0.1) is 10.1 Å². The summed E-state index contributed by atoms with van der Waals surface area (Å²) in [6.07, 6.45) is 1.35. The van der Waals surface area contributed by atoms with Crippen LogP contribution >= 0.6 is 0 Å². The Morgan fingerprint density at radius 3 is 2.36 bits per heavy atom. The van der Waals surface area contributed by atoms with Gasteiger partial charge in [0, 0.05) is 17.7 Å². The van der Waals surface area contributed by atoms with E-state index in [0.29, 0.717) is 11.1 Å². The molecular formula is C17H16N4O4. The van der Waals surface area contributed by atoms with Gasteiger partial charge in [0.1, 0.15) is 6.04 Å². The van der Waals surface area contributed by atoms with Crippen molar-refractivity contribution in [2.75, 3.05) is 0 Å². The predicted octanol–water partition coefficient (Wildman–Crippen LogP) is 1.86. The first-order valence-electron chi connectivity index (χ1n) is 7.40. The van der Waals surface area contributed by atoms with E-state index in [9.17, 15) is 19.7 Å². The molecule has 2 aromatic rings. The molecule has 2 rings (SSSR count). The number of rotatable bonds is 6. The van der Waals surface area contributed by atoms with Gasteiger partial charge in [-0.15, -0.1) is 0 Å². The van der Waals surface area contributed by atoms with E-state index in [2.05, 4.69) is 15.8 Å². The van der Waals surface area contributed by atoms with Crippen LogP contribution in [-0.4, -0.2) is 29.0 Å². The Labute approximate surface area is 143 Å². The molecule has 2 aromatic carbocycles. The highest BCUT2D eigenvalue weighted by Crippen LogP contribution is 2.10. The summed E-state index contributed by atoms with van der Waals surface area (Å²) in [6.45, 7) is 1.54. The van der Waals surface area contributed by atoms with Gasteiger partial charge in [-0.3, -0.25) is 19.7 Å². The molecule has 0 aromatic heterocycles. The average Bonchev–Trinajstić information content (AvgIpc) is 2.62. The SMILES string of the molecule is C[C@H](NC(=O)c1ccccc1)C(=O)N/N=C\c1ccc([N+](=O)[O-])cc1. The molecule has 0 heterocycles. The largest absolute Gasteiger partial charge is 0.340 e. The van der Waals surface area contributed by atoms with Crippen molar-refractivity contribution in [3.05, 3.63) is 75.8 Å². The second-order valence-corrected chi connectivity index (χ2v) is 5.14. The zero-order valence-electron chi connectivity index (χ0n) is 13.4. The highest BCUT2D eigenvalue weighted by molar-refractivity contribution is 5.97. The van der Waals surface area contributed by atoms with Crippen LogP contribution in [0.2, 0.25) is 0 Å². The molecule has 2 N–H and O–H groups in total. The molecule has 0 saturated carbocycles. The first-order chi connectivity index (χ1) is 12.0. The van der Waals surface area contributed by atoms with Crippen molar-refractivity contribution in [2.45, 2.75) is 13.0 Å². The molecule has 1 atom stereocenters. The van der Waals surface area contributed by atoms with Crippen molar-refractivity contribution in [3.8, 4) is 0 Å². The molecule has 0 aliphatic heterocycles. The molecule has 0 fully saturated rings. The van der Waals surface area contributed by atoms with Crippen molar-refractivity contribution >= 4 is 23.7 Å². The minimum Gasteiger partial charge on any atom is -0.340 e. The molecule has 128 valence electrons. The normalized spacial score (nSPS) is 11.7. The number of hydrogen-bond acceptors (Lipinski definition) is 5. The number of hydrazone groups is 1. The zero-order valence-corrected chi connectivity index (χ0v) is 13.4. The Morgan fingerprint density at radius 2 is 1.76 bits per heavy atom. The van der Waals surface area contributed by atoms with E-state index in [0.717, 1.165) is 0 Å². The summed E-state index contributed by atoms with van der Waals surface area (Å²) in [5.74, 6) is -0.843. The topological polar surface area (TPSA) is 114 Å². The van der Waals surface area contributed by atoms with Crippen LogP contribution in [0.25, 0.3) is 0 Å². The Kier molecular flexibility index (Phi) is 5.94. The third kappa shape index (κ3) is 5.24. The third-order valence-corrected chi connectivity index (χ3v) is 3.27. The van der Waals surface area contributed by atoms with Gasteiger partial charge in [-0.05, 0) is 36.8 Å². The lowest BCUT2D eigenvalue weighted by atomic mass is 10.2. The first-order valence-corrected chi connectivity index (χ1v) is 7.40. The van der Waals surface area contributed by atoms with Gasteiger partial charge >= 0.3 is 0 Å². The molecular weight excluding hydrogens is 324 g/mol. The van der Waals surface area contributed by atoms with E-state index in [1.165, 1.54) is 37.4 Å². The van der Waals surface area contributed by atoms with Gasteiger partial charge < -0.3 is 5.32 Å². The quantitative estimate of drug-likeness (QED) is 0.474. The Hall–Kier alpha value is -3.55. The molecule has 0 aliphatic carbocycles. The van der Waals surface area contributed by atoms with Crippen LogP contribution in [0.5, 0.6) is 0 Å². The number of nitrogens with zero attached hydrogens (tertiary/aromatic N) is 2. The van der Waals surface area contributed by atoms with Crippen LogP contribution < -0.4 is 10.7 Å². The smallest absolute Gasteiger partial charge is 0.269 e. The Balaban J connectivity index is 1.86. The summed E-state index contributed by atoms with van der Waals surface area (Å²) in [5.41, 5.74) is 3.32. The number of hydrogen-bond donors (Lipinski definition) is 2. The lowest BCUT2D eigenvalue weighted by Crippen LogP contribution is -2.43. The van der Waals surface area contributed by atoms with E-state index in [-0.39, 0.29) is 11.6 Å². The van der Waals surface area contributed by atoms with Gasteiger partial charge in [0.25, 0.3) is 17.5 Å². The van der Waals surface area contributed by atoms with E-state index in [4.69, 9.17) is 0 Å². The number of carbonyl (C=O) groups excluding carboxylic acids is 2. The number of amides is 2. The van der Waals surface area contributed by atoms with Crippen LogP contribution in [0.4, 0.5) is 5.69 Å². The maximum atomic E-state index is 12.0. The van der Waals surface area contributed by atoms with E-state index in [1.54, 1.807) is 30.3 Å². The van der Waals surface area contributed by atoms with Gasteiger partial charge in [0.05, 0.1) is 11.1 Å². The maximum Gasteiger partial charge on any atom is 0.269 e. The second kappa shape index (κ2) is 8.34. The lowest BCUT2D eigenvalue weighted by molar-refractivity contribution is -0.384. The highest BCUT2D eigenvalue weighted by atomic mass is 16.6. The highest BCUT2D eigenvalue weighted by Gasteiger charge is 2.15. The summed E-state index contributed by atoms with van der Waals surface area (Å²) >= 11 is 0. The summed E-state index contributed by atoms with van der Waals surface area (Å²) in [4.78, 5) is 33.9. The van der Waals surface area contributed by atoms with E-state index in [1.807, 2.05) is 0 Å². The average molecular weight is 340 g/mol. The predicted molar refractivity (Wildman–Crippen MR) is 92.2 cm³/mol. The van der Waals surface area contributed by atoms with Crippen LogP contribution in [0.15, 0.2) is 59.7 Å². The Bertz CT molecular complexity index is 788. The molecule has 25 heavy (non-hydrogen) atoms. The van der Waals surface area contributed by atoms with Crippen LogP contribution in [0.1, 0.15) is 22.8 Å². The summed E-state index contributed by atoms with van der Waals surface area (Å²) in [7, 11) is 0. The molecule has 0 aliphatic rings. The van der Waals surface area contributed by atoms with Gasteiger partial charge in [-0.25, -0.2) is 5.43 Å². The van der Waals surface area contributed by atoms with Crippen LogP contribution in [-0.2, 0) is 4.79 Å². The number of carbonyl (C=O) groups is 2. The molecule has 0 spiro atoms. The molecule has 2 amide bonds. The summed E-state index contributed by atoms with van der Waals surface area (Å²) in [6, 6.07) is 13.5. The van der Waals surface area contributed by atoms with Crippen molar-refractivity contribution in [3.63, 3.8) is 0 Å². The Morgan fingerprint density at radius 1 is 1.12 bits per heavy atom. The number of nitrogens with one attached hydrogen (secondary N) is 2. The maximum absolute atomic E-state index is 12.0. The van der Waals surface area contributed by atoms with Gasteiger partial charge in [0.2, 0.25) is 0 Å². The second-order valence-electron chi connectivity index (χ2n) is 5.14. The minimum absolute atomic E-state index is 0.0292. The fourth-order valence-corrected chi connectivity index (χ4v) is 1.88. The molecule has 8 nitrogen and oxygen atoms in total. The first kappa shape index (κ1) is 17.8. The lowest BCUT2D eigenvalue weighted by Gasteiger charge is -2.12. The number of benzene rings is 2. The number of nitro groups is 1. The van der Waals surface area contributed by atoms with Crippen molar-refractivity contribution < 1.29 is 14.5 Å². The minimum atomic E-state index is -0.776. The van der Waals surface area contributed by atoms with Gasteiger partial charge in [-0.1, -0.05) is 18.2 Å². The van der Waals surface area contributed by atoms with Crippen molar-refractivity contribution in [1.29, 1.82) is 0 Å².